The first-order chi connectivity index (χ1) is 27.3. The van der Waals surface area contributed by atoms with E-state index >= 15 is 0 Å². The molecule has 0 aliphatic heterocycles. The first kappa shape index (κ1) is 32.5. The number of nitrogens with zero attached hydrogens (tertiary/aromatic N) is 2. The third kappa shape index (κ3) is 5.50. The van der Waals surface area contributed by atoms with Crippen molar-refractivity contribution < 1.29 is 0 Å². The van der Waals surface area contributed by atoms with E-state index in [2.05, 4.69) is 212 Å². The summed E-state index contributed by atoms with van der Waals surface area (Å²) in [6.07, 6.45) is 0. The molecule has 55 heavy (non-hydrogen) atoms. The Balaban J connectivity index is 1.12. The Hall–Kier alpha value is -7.16. The van der Waals surface area contributed by atoms with Gasteiger partial charge in [0.15, 0.2) is 5.82 Å². The van der Waals surface area contributed by atoms with E-state index in [-0.39, 0.29) is 0 Å². The number of hydrogen-bond acceptors (Lipinski definition) is 2. The SMILES string of the molecule is c1ccc(-c2cc(-c3ccccc3-c3ccccc3)nc(-c3ccc(-c4cccc5c4-c4ccccc4C5(c4ccccc4)c4ccccc4)cc3)n2)cc1. The van der Waals surface area contributed by atoms with Crippen LogP contribution in [0.2, 0.25) is 0 Å². The normalized spacial score (nSPS) is 12.5. The van der Waals surface area contributed by atoms with Crippen LogP contribution in [0.15, 0.2) is 218 Å². The monoisotopic (exact) mass is 700 g/mol. The molecule has 0 saturated carbocycles. The highest BCUT2D eigenvalue weighted by molar-refractivity contribution is 5.95. The fourth-order valence-electron chi connectivity index (χ4n) is 8.58. The minimum Gasteiger partial charge on any atom is -0.228 e. The fourth-order valence-corrected chi connectivity index (χ4v) is 8.58. The lowest BCUT2D eigenvalue weighted by molar-refractivity contribution is 0.768. The van der Waals surface area contributed by atoms with Gasteiger partial charge < -0.3 is 0 Å². The smallest absolute Gasteiger partial charge is 0.160 e. The summed E-state index contributed by atoms with van der Waals surface area (Å²) in [7, 11) is 0. The largest absolute Gasteiger partial charge is 0.228 e. The van der Waals surface area contributed by atoms with Crippen LogP contribution >= 0.6 is 0 Å². The maximum absolute atomic E-state index is 5.25. The van der Waals surface area contributed by atoms with E-state index in [1.165, 1.54) is 38.9 Å². The molecule has 2 nitrogen and oxygen atoms in total. The van der Waals surface area contributed by atoms with Crippen LogP contribution in [0.1, 0.15) is 22.3 Å². The van der Waals surface area contributed by atoms with E-state index < -0.39 is 5.41 Å². The summed E-state index contributed by atoms with van der Waals surface area (Å²) in [5, 5.41) is 0. The lowest BCUT2D eigenvalue weighted by atomic mass is 9.67. The van der Waals surface area contributed by atoms with Gasteiger partial charge in [-0.2, -0.15) is 0 Å². The zero-order valence-corrected chi connectivity index (χ0v) is 30.2. The molecular formula is C53H36N2. The van der Waals surface area contributed by atoms with Gasteiger partial charge in [0.25, 0.3) is 0 Å². The molecule has 0 amide bonds. The Morgan fingerprint density at radius 3 is 1.40 bits per heavy atom. The van der Waals surface area contributed by atoms with Crippen molar-refractivity contribution in [2.45, 2.75) is 5.41 Å². The van der Waals surface area contributed by atoms with Crippen LogP contribution in [0.4, 0.5) is 0 Å². The molecule has 0 radical (unpaired) electrons. The molecule has 10 rings (SSSR count). The topological polar surface area (TPSA) is 25.8 Å². The van der Waals surface area contributed by atoms with E-state index in [0.29, 0.717) is 5.82 Å². The zero-order chi connectivity index (χ0) is 36.6. The summed E-state index contributed by atoms with van der Waals surface area (Å²) < 4.78 is 0. The van der Waals surface area contributed by atoms with Crippen molar-refractivity contribution in [2.24, 2.45) is 0 Å². The molecule has 0 N–H and O–H groups in total. The van der Waals surface area contributed by atoms with Crippen LogP contribution in [0.3, 0.4) is 0 Å². The Morgan fingerprint density at radius 2 is 0.745 bits per heavy atom. The van der Waals surface area contributed by atoms with Crippen molar-refractivity contribution in [1.82, 2.24) is 9.97 Å². The minimum atomic E-state index is -0.442. The van der Waals surface area contributed by atoms with Gasteiger partial charge in [0.05, 0.1) is 16.8 Å². The second kappa shape index (κ2) is 13.7. The van der Waals surface area contributed by atoms with Gasteiger partial charge in [0.2, 0.25) is 0 Å². The minimum absolute atomic E-state index is 0.442. The van der Waals surface area contributed by atoms with E-state index in [9.17, 15) is 0 Å². The summed E-state index contributed by atoms with van der Waals surface area (Å²) in [5.74, 6) is 0.696. The predicted octanol–water partition coefficient (Wildman–Crippen LogP) is 13.2. The van der Waals surface area contributed by atoms with E-state index in [0.717, 1.165) is 44.8 Å². The summed E-state index contributed by atoms with van der Waals surface area (Å²) in [6.45, 7) is 0. The van der Waals surface area contributed by atoms with Crippen molar-refractivity contribution in [3.63, 3.8) is 0 Å². The average molecular weight is 701 g/mol. The molecule has 0 atom stereocenters. The van der Waals surface area contributed by atoms with Crippen molar-refractivity contribution in [1.29, 1.82) is 0 Å². The lowest BCUT2D eigenvalue weighted by Crippen LogP contribution is -2.28. The molecule has 1 aromatic heterocycles. The second-order valence-electron chi connectivity index (χ2n) is 14.1. The quantitative estimate of drug-likeness (QED) is 0.165. The molecule has 9 aromatic rings. The predicted molar refractivity (Wildman–Crippen MR) is 227 cm³/mol. The van der Waals surface area contributed by atoms with Crippen molar-refractivity contribution in [3.05, 3.63) is 241 Å². The summed E-state index contributed by atoms with van der Waals surface area (Å²) in [4.78, 5) is 10.4. The molecule has 8 aromatic carbocycles. The van der Waals surface area contributed by atoms with E-state index in [1.807, 2.05) is 6.07 Å². The van der Waals surface area contributed by atoms with Crippen LogP contribution < -0.4 is 0 Å². The van der Waals surface area contributed by atoms with Gasteiger partial charge in [0.1, 0.15) is 0 Å². The third-order valence-corrected chi connectivity index (χ3v) is 11.0. The van der Waals surface area contributed by atoms with Crippen LogP contribution in [-0.2, 0) is 5.41 Å². The standard InChI is InChI=1S/C53H36N2/c1-5-18-37(19-6-1)43-26-13-14-27-45(43)50-36-49(39-20-7-2-8-21-39)54-52(55-50)40-34-32-38(33-35-40)44-29-17-31-48-51(44)46-28-15-16-30-47(46)53(48,41-22-9-3-10-23-41)42-24-11-4-12-25-42/h1-36H. The van der Waals surface area contributed by atoms with Gasteiger partial charge in [-0.25, -0.2) is 9.97 Å². The molecule has 1 aliphatic rings. The number of hydrogen-bond donors (Lipinski definition) is 0. The molecule has 0 saturated heterocycles. The Bertz CT molecular complexity index is 2740. The molecule has 0 spiro atoms. The van der Waals surface area contributed by atoms with Crippen LogP contribution in [-0.4, -0.2) is 9.97 Å². The maximum atomic E-state index is 5.25. The maximum Gasteiger partial charge on any atom is 0.160 e. The number of fused-ring (bicyclic) bond motifs is 3. The van der Waals surface area contributed by atoms with Crippen LogP contribution in [0.25, 0.3) is 67.3 Å². The first-order valence-electron chi connectivity index (χ1n) is 18.8. The Kier molecular flexibility index (Phi) is 8.08. The van der Waals surface area contributed by atoms with Gasteiger partial charge in [-0.3, -0.25) is 0 Å². The summed E-state index contributed by atoms with van der Waals surface area (Å²) in [5.41, 5.74) is 16.8. The van der Waals surface area contributed by atoms with Crippen molar-refractivity contribution >= 4 is 0 Å². The van der Waals surface area contributed by atoms with Crippen LogP contribution in [0.5, 0.6) is 0 Å². The van der Waals surface area contributed by atoms with E-state index in [1.54, 1.807) is 0 Å². The number of rotatable bonds is 7. The lowest BCUT2D eigenvalue weighted by Gasteiger charge is -2.34. The Morgan fingerprint density at radius 1 is 0.291 bits per heavy atom. The van der Waals surface area contributed by atoms with Crippen molar-refractivity contribution in [3.8, 4) is 67.3 Å². The van der Waals surface area contributed by atoms with E-state index in [4.69, 9.17) is 9.97 Å². The molecule has 0 bridgehead atoms. The fraction of sp³-hybridized carbons (Fsp3) is 0.0189. The molecule has 1 aliphatic carbocycles. The summed E-state index contributed by atoms with van der Waals surface area (Å²) in [6, 6.07) is 78.0. The average Bonchev–Trinajstić information content (AvgIpc) is 3.59. The highest BCUT2D eigenvalue weighted by Crippen LogP contribution is 2.58. The molecule has 1 heterocycles. The van der Waals surface area contributed by atoms with Gasteiger partial charge in [-0.05, 0) is 61.7 Å². The number of aromatic nitrogens is 2. The Labute approximate surface area is 322 Å². The van der Waals surface area contributed by atoms with Gasteiger partial charge in [0, 0.05) is 16.7 Å². The molecule has 258 valence electrons. The number of benzene rings is 8. The highest BCUT2D eigenvalue weighted by atomic mass is 14.9. The van der Waals surface area contributed by atoms with Gasteiger partial charge >= 0.3 is 0 Å². The zero-order valence-electron chi connectivity index (χ0n) is 30.2. The molecular weight excluding hydrogens is 665 g/mol. The van der Waals surface area contributed by atoms with Gasteiger partial charge in [-0.1, -0.05) is 212 Å². The molecule has 0 unspecified atom stereocenters. The molecule has 0 fully saturated rings. The second-order valence-corrected chi connectivity index (χ2v) is 14.1. The summed E-state index contributed by atoms with van der Waals surface area (Å²) >= 11 is 0. The first-order valence-corrected chi connectivity index (χ1v) is 18.8. The van der Waals surface area contributed by atoms with Crippen molar-refractivity contribution in [2.75, 3.05) is 0 Å². The molecule has 2 heteroatoms. The van der Waals surface area contributed by atoms with Crippen LogP contribution in [0, 0.1) is 0 Å². The third-order valence-electron chi connectivity index (χ3n) is 11.0. The highest BCUT2D eigenvalue weighted by Gasteiger charge is 2.46. The van der Waals surface area contributed by atoms with Gasteiger partial charge in [-0.15, -0.1) is 0 Å².